The molecule has 1 fully saturated rings. The van der Waals surface area contributed by atoms with Crippen molar-refractivity contribution in [3.8, 4) is 0 Å². The molecule has 1 aliphatic heterocycles. The van der Waals surface area contributed by atoms with E-state index in [0.717, 1.165) is 6.07 Å². The molecule has 2 heterocycles. The minimum Gasteiger partial charge on any atom is -0.376 e. The predicted octanol–water partition coefficient (Wildman–Crippen LogP) is 1.75. The summed E-state index contributed by atoms with van der Waals surface area (Å²) in [5.41, 5.74) is -0.989. The van der Waals surface area contributed by atoms with Gasteiger partial charge in [-0.25, -0.2) is 4.98 Å². The van der Waals surface area contributed by atoms with Gasteiger partial charge in [0.25, 0.3) is 0 Å². The molecule has 118 valence electrons. The number of ether oxygens (including phenoxy) is 2. The highest BCUT2D eigenvalue weighted by Crippen LogP contribution is 2.29. The van der Waals surface area contributed by atoms with Crippen molar-refractivity contribution in [1.82, 2.24) is 9.97 Å². The van der Waals surface area contributed by atoms with E-state index in [4.69, 9.17) is 9.47 Å². The number of nitrogens with one attached hydrogen (secondary N) is 2. The van der Waals surface area contributed by atoms with E-state index >= 15 is 0 Å². The van der Waals surface area contributed by atoms with Crippen molar-refractivity contribution < 1.29 is 22.6 Å². The van der Waals surface area contributed by atoms with E-state index in [1.54, 1.807) is 6.92 Å². The Labute approximate surface area is 120 Å². The molecule has 21 heavy (non-hydrogen) atoms. The van der Waals surface area contributed by atoms with E-state index < -0.39 is 11.9 Å². The van der Waals surface area contributed by atoms with Crippen LogP contribution >= 0.6 is 0 Å². The molecule has 1 aliphatic rings. The lowest BCUT2D eigenvalue weighted by molar-refractivity contribution is -0.141. The summed E-state index contributed by atoms with van der Waals surface area (Å²) in [5.74, 6) is 0.0399. The fourth-order valence-corrected chi connectivity index (χ4v) is 1.79. The van der Waals surface area contributed by atoms with Crippen LogP contribution in [0.4, 0.5) is 24.9 Å². The number of halogens is 3. The molecule has 2 N–H and O–H groups in total. The van der Waals surface area contributed by atoms with Crippen molar-refractivity contribution in [2.75, 3.05) is 43.5 Å². The summed E-state index contributed by atoms with van der Waals surface area (Å²) in [6.45, 7) is 3.92. The Morgan fingerprint density at radius 2 is 2.10 bits per heavy atom. The van der Waals surface area contributed by atoms with Crippen molar-refractivity contribution in [2.24, 2.45) is 0 Å². The average Bonchev–Trinajstić information content (AvgIpc) is 2.45. The molecule has 1 saturated heterocycles. The Kier molecular flexibility index (Phi) is 5.18. The minimum atomic E-state index is -4.52. The lowest BCUT2D eigenvalue weighted by Gasteiger charge is -2.23. The van der Waals surface area contributed by atoms with Gasteiger partial charge in [0.05, 0.1) is 25.9 Å². The highest BCUT2D eigenvalue weighted by atomic mass is 19.4. The highest BCUT2D eigenvalue weighted by molar-refractivity contribution is 5.43. The van der Waals surface area contributed by atoms with E-state index in [9.17, 15) is 13.2 Å². The van der Waals surface area contributed by atoms with Gasteiger partial charge in [0, 0.05) is 19.2 Å². The second kappa shape index (κ2) is 6.90. The Morgan fingerprint density at radius 3 is 2.71 bits per heavy atom. The summed E-state index contributed by atoms with van der Waals surface area (Å²) in [7, 11) is 0. The molecule has 0 radical (unpaired) electrons. The Morgan fingerprint density at radius 1 is 1.29 bits per heavy atom. The Balaban J connectivity index is 2.07. The van der Waals surface area contributed by atoms with Gasteiger partial charge >= 0.3 is 6.18 Å². The van der Waals surface area contributed by atoms with Crippen LogP contribution in [0.15, 0.2) is 6.07 Å². The summed E-state index contributed by atoms with van der Waals surface area (Å²) >= 11 is 0. The second-order valence-electron chi connectivity index (χ2n) is 4.44. The van der Waals surface area contributed by atoms with Crippen LogP contribution < -0.4 is 10.6 Å². The molecule has 1 atom stereocenters. The van der Waals surface area contributed by atoms with E-state index in [2.05, 4.69) is 20.6 Å². The standard InChI is InChI=1S/C12H17F3N4O2/c1-2-16-11-18-9(12(13,14)15)5-10(19-11)17-6-8-7-20-3-4-21-8/h5,8H,2-4,6-7H2,1H3,(H2,16,17,18,19). The molecule has 0 spiro atoms. The molecular formula is C12H17F3N4O2. The highest BCUT2D eigenvalue weighted by Gasteiger charge is 2.33. The van der Waals surface area contributed by atoms with Crippen molar-refractivity contribution >= 4 is 11.8 Å². The van der Waals surface area contributed by atoms with Gasteiger partial charge in [-0.15, -0.1) is 0 Å². The van der Waals surface area contributed by atoms with Gasteiger partial charge in [-0.1, -0.05) is 0 Å². The third-order valence-corrected chi connectivity index (χ3v) is 2.75. The van der Waals surface area contributed by atoms with Gasteiger partial charge in [0.15, 0.2) is 5.69 Å². The van der Waals surface area contributed by atoms with Gasteiger partial charge in [-0.3, -0.25) is 0 Å². The molecule has 0 amide bonds. The lowest BCUT2D eigenvalue weighted by atomic mass is 10.3. The molecule has 0 saturated carbocycles. The summed E-state index contributed by atoms with van der Waals surface area (Å²) in [4.78, 5) is 7.44. The fourth-order valence-electron chi connectivity index (χ4n) is 1.79. The van der Waals surface area contributed by atoms with Crippen LogP contribution in [0.3, 0.4) is 0 Å². The van der Waals surface area contributed by atoms with Crippen molar-refractivity contribution in [1.29, 1.82) is 0 Å². The third kappa shape index (κ3) is 4.71. The fraction of sp³-hybridized carbons (Fsp3) is 0.667. The Bertz CT molecular complexity index is 464. The molecule has 1 aromatic heterocycles. The predicted molar refractivity (Wildman–Crippen MR) is 70.2 cm³/mol. The number of hydrogen-bond donors (Lipinski definition) is 2. The van der Waals surface area contributed by atoms with E-state index in [1.807, 2.05) is 0 Å². The number of hydrogen-bond acceptors (Lipinski definition) is 6. The zero-order valence-electron chi connectivity index (χ0n) is 11.5. The van der Waals surface area contributed by atoms with Gasteiger partial charge in [-0.2, -0.15) is 18.2 Å². The molecule has 6 nitrogen and oxygen atoms in total. The smallest absolute Gasteiger partial charge is 0.376 e. The largest absolute Gasteiger partial charge is 0.433 e. The van der Waals surface area contributed by atoms with Gasteiger partial charge in [0.1, 0.15) is 5.82 Å². The number of rotatable bonds is 5. The van der Waals surface area contributed by atoms with Crippen LogP contribution in [0.1, 0.15) is 12.6 Å². The van der Waals surface area contributed by atoms with Crippen LogP contribution in [0.5, 0.6) is 0 Å². The summed E-state index contributed by atoms with van der Waals surface area (Å²) in [6, 6.07) is 0.879. The maximum Gasteiger partial charge on any atom is 0.433 e. The first-order valence-corrected chi connectivity index (χ1v) is 6.62. The topological polar surface area (TPSA) is 68.3 Å². The van der Waals surface area contributed by atoms with Crippen molar-refractivity contribution in [2.45, 2.75) is 19.2 Å². The summed E-state index contributed by atoms with van der Waals surface area (Å²) in [6.07, 6.45) is -4.72. The normalized spacial score (nSPS) is 19.3. The average molecular weight is 306 g/mol. The van der Waals surface area contributed by atoms with Crippen LogP contribution in [-0.2, 0) is 15.7 Å². The van der Waals surface area contributed by atoms with Gasteiger partial charge in [0.2, 0.25) is 5.95 Å². The third-order valence-electron chi connectivity index (χ3n) is 2.75. The van der Waals surface area contributed by atoms with Crippen molar-refractivity contribution in [3.05, 3.63) is 11.8 Å². The van der Waals surface area contributed by atoms with Crippen molar-refractivity contribution in [3.63, 3.8) is 0 Å². The summed E-state index contributed by atoms with van der Waals surface area (Å²) in [5, 5.41) is 5.51. The van der Waals surface area contributed by atoms with Crippen LogP contribution in [0, 0.1) is 0 Å². The quantitative estimate of drug-likeness (QED) is 0.864. The lowest BCUT2D eigenvalue weighted by Crippen LogP contribution is -2.34. The maximum absolute atomic E-state index is 12.8. The molecular weight excluding hydrogens is 289 g/mol. The molecule has 1 unspecified atom stereocenters. The van der Waals surface area contributed by atoms with Crippen LogP contribution in [0.25, 0.3) is 0 Å². The first kappa shape index (κ1) is 15.8. The SMILES string of the molecule is CCNc1nc(NCC2COCCO2)cc(C(F)(F)F)n1. The van der Waals surface area contributed by atoms with E-state index in [0.29, 0.717) is 32.9 Å². The first-order valence-electron chi connectivity index (χ1n) is 6.62. The minimum absolute atomic E-state index is 0.0596. The molecule has 1 aromatic rings. The summed E-state index contributed by atoms with van der Waals surface area (Å²) < 4.78 is 49.0. The number of nitrogens with zero attached hydrogens (tertiary/aromatic N) is 2. The molecule has 9 heteroatoms. The molecule has 0 aliphatic carbocycles. The Hall–Kier alpha value is -1.61. The van der Waals surface area contributed by atoms with Crippen LogP contribution in [-0.4, -0.2) is 49.0 Å². The zero-order chi connectivity index (χ0) is 15.3. The number of alkyl halides is 3. The number of anilines is 2. The van der Waals surface area contributed by atoms with Gasteiger partial charge < -0.3 is 20.1 Å². The number of aromatic nitrogens is 2. The van der Waals surface area contributed by atoms with Crippen LogP contribution in [0.2, 0.25) is 0 Å². The van der Waals surface area contributed by atoms with Gasteiger partial charge in [-0.05, 0) is 6.92 Å². The molecule has 2 rings (SSSR count). The maximum atomic E-state index is 12.8. The first-order chi connectivity index (χ1) is 9.99. The molecule has 0 aromatic carbocycles. The van der Waals surface area contributed by atoms with E-state index in [-0.39, 0.29) is 17.9 Å². The second-order valence-corrected chi connectivity index (χ2v) is 4.44. The molecule has 0 bridgehead atoms. The monoisotopic (exact) mass is 306 g/mol. The zero-order valence-corrected chi connectivity index (χ0v) is 11.5. The van der Waals surface area contributed by atoms with E-state index in [1.165, 1.54) is 0 Å².